The van der Waals surface area contributed by atoms with E-state index in [0.717, 1.165) is 12.1 Å². The van der Waals surface area contributed by atoms with Gasteiger partial charge in [-0.1, -0.05) is 35.4 Å². The van der Waals surface area contributed by atoms with Crippen LogP contribution in [-0.4, -0.2) is 9.55 Å². The maximum atomic E-state index is 8.87. The van der Waals surface area contributed by atoms with Crippen LogP contribution in [0.25, 0.3) is 0 Å². The summed E-state index contributed by atoms with van der Waals surface area (Å²) in [7, 11) is 1.83. The van der Waals surface area contributed by atoms with Crippen molar-refractivity contribution in [2.24, 2.45) is 7.05 Å². The van der Waals surface area contributed by atoms with Crippen LogP contribution in [0.15, 0.2) is 23.8 Å². The van der Waals surface area contributed by atoms with Gasteiger partial charge < -0.3 is 4.57 Å². The minimum atomic E-state index is 0.218. The molecule has 1 aliphatic carbocycles. The summed E-state index contributed by atoms with van der Waals surface area (Å²) in [6.45, 7) is 2.07. The summed E-state index contributed by atoms with van der Waals surface area (Å²) in [6, 6.07) is 2.03. The van der Waals surface area contributed by atoms with Gasteiger partial charge >= 0.3 is 0 Å². The van der Waals surface area contributed by atoms with E-state index < -0.39 is 0 Å². The molecule has 3 nitrogen and oxygen atoms in total. The lowest BCUT2D eigenvalue weighted by Crippen LogP contribution is -2.06. The van der Waals surface area contributed by atoms with Gasteiger partial charge in [0.2, 0.25) is 5.82 Å². The van der Waals surface area contributed by atoms with Crippen LogP contribution >= 0.6 is 11.6 Å². The zero-order valence-corrected chi connectivity index (χ0v) is 9.99. The number of aromatic nitrogens is 2. The van der Waals surface area contributed by atoms with Crippen LogP contribution in [0.3, 0.4) is 0 Å². The smallest absolute Gasteiger partial charge is 0.214 e. The normalized spacial score (nSPS) is 19.4. The van der Waals surface area contributed by atoms with Gasteiger partial charge in [-0.15, -0.1) is 0 Å². The van der Waals surface area contributed by atoms with E-state index >= 15 is 0 Å². The van der Waals surface area contributed by atoms with Crippen molar-refractivity contribution in [3.63, 3.8) is 0 Å². The Balaban J connectivity index is 2.40. The minimum absolute atomic E-state index is 0.218. The second-order valence-corrected chi connectivity index (χ2v) is 4.29. The third kappa shape index (κ3) is 1.77. The molecule has 0 radical (unpaired) electrons. The maximum absolute atomic E-state index is 8.87. The van der Waals surface area contributed by atoms with Crippen LogP contribution in [0.4, 0.5) is 0 Å². The summed E-state index contributed by atoms with van der Waals surface area (Å²) in [4.78, 5) is 4.04. The van der Waals surface area contributed by atoms with E-state index in [9.17, 15) is 0 Å². The van der Waals surface area contributed by atoms with E-state index in [2.05, 4.69) is 30.1 Å². The first-order valence-corrected chi connectivity index (χ1v) is 5.48. The molecule has 1 unspecified atom stereocenters. The molecule has 1 atom stereocenters. The van der Waals surface area contributed by atoms with Crippen molar-refractivity contribution >= 4 is 11.6 Å². The first-order valence-electron chi connectivity index (χ1n) is 5.10. The predicted octanol–water partition coefficient (Wildman–Crippen LogP) is 2.93. The highest BCUT2D eigenvalue weighted by molar-refractivity contribution is 6.30. The van der Waals surface area contributed by atoms with E-state index in [1.165, 1.54) is 5.57 Å². The van der Waals surface area contributed by atoms with E-state index in [4.69, 9.17) is 16.9 Å². The number of nitrogens with zero attached hydrogens (tertiary/aromatic N) is 3. The molecule has 0 bridgehead atoms. The van der Waals surface area contributed by atoms with E-state index in [1.807, 2.05) is 13.1 Å². The van der Waals surface area contributed by atoms with Crippen LogP contribution in [0.5, 0.6) is 0 Å². The van der Waals surface area contributed by atoms with Crippen molar-refractivity contribution in [2.75, 3.05) is 0 Å². The summed E-state index contributed by atoms with van der Waals surface area (Å²) in [6.07, 6.45) is 7.26. The summed E-state index contributed by atoms with van der Waals surface area (Å²) in [5.41, 5.74) is 2.17. The first-order chi connectivity index (χ1) is 7.63. The average Bonchev–Trinajstić information content (AvgIpc) is 2.56. The lowest BCUT2D eigenvalue weighted by molar-refractivity contribution is 0.731. The molecule has 1 aromatic heterocycles. The predicted molar refractivity (Wildman–Crippen MR) is 63.2 cm³/mol. The fourth-order valence-electron chi connectivity index (χ4n) is 1.91. The highest BCUT2D eigenvalue weighted by atomic mass is 35.5. The summed E-state index contributed by atoms with van der Waals surface area (Å²) < 4.78 is 1.77. The van der Waals surface area contributed by atoms with Gasteiger partial charge in [0.05, 0.1) is 5.69 Å². The van der Waals surface area contributed by atoms with Crippen LogP contribution in [-0.2, 0) is 7.05 Å². The molecule has 2 rings (SSSR count). The Morgan fingerprint density at radius 2 is 2.38 bits per heavy atom. The molecule has 1 aliphatic rings. The zero-order valence-electron chi connectivity index (χ0n) is 9.24. The molecule has 0 spiro atoms. The summed E-state index contributed by atoms with van der Waals surface area (Å²) in [5, 5.41) is 9.31. The van der Waals surface area contributed by atoms with Crippen molar-refractivity contribution in [3.8, 4) is 6.07 Å². The van der Waals surface area contributed by atoms with Gasteiger partial charge in [0, 0.05) is 13.0 Å². The molecule has 4 heteroatoms. The number of halogens is 1. The fraction of sp³-hybridized carbons (Fsp3) is 0.333. The third-order valence-electron chi connectivity index (χ3n) is 2.83. The van der Waals surface area contributed by atoms with Crippen molar-refractivity contribution < 1.29 is 0 Å². The molecular weight excluding hydrogens is 222 g/mol. The number of allylic oxidation sites excluding steroid dienone is 4. The van der Waals surface area contributed by atoms with Crippen LogP contribution in [0, 0.1) is 11.3 Å². The first kappa shape index (κ1) is 11.0. The Morgan fingerprint density at radius 3 is 2.88 bits per heavy atom. The van der Waals surface area contributed by atoms with Crippen LogP contribution in [0.2, 0.25) is 5.15 Å². The number of nitriles is 1. The standard InChI is InChI=1S/C12H12ClN3/c1-8-3-5-9(6-4-8)11-12(13)15-10(7-14)16(11)2/h3-5,9H,6H2,1-2H3. The number of hydrogen-bond donors (Lipinski definition) is 0. The fourth-order valence-corrected chi connectivity index (χ4v) is 2.26. The lowest BCUT2D eigenvalue weighted by atomic mass is 9.95. The highest BCUT2D eigenvalue weighted by Gasteiger charge is 2.20. The Bertz CT molecular complexity index is 517. The molecule has 0 fully saturated rings. The lowest BCUT2D eigenvalue weighted by Gasteiger charge is -2.15. The molecule has 0 N–H and O–H groups in total. The van der Waals surface area contributed by atoms with Gasteiger partial charge in [-0.25, -0.2) is 4.98 Å². The SMILES string of the molecule is CC1=CCC(c2c(Cl)nc(C#N)n2C)C=C1. The summed E-state index contributed by atoms with van der Waals surface area (Å²) >= 11 is 6.06. The third-order valence-corrected chi connectivity index (χ3v) is 3.11. The van der Waals surface area contributed by atoms with Crippen molar-refractivity contribution in [2.45, 2.75) is 19.3 Å². The largest absolute Gasteiger partial charge is 0.321 e. The Hall–Kier alpha value is -1.53. The van der Waals surface area contributed by atoms with E-state index in [1.54, 1.807) is 4.57 Å². The molecule has 0 saturated carbocycles. The van der Waals surface area contributed by atoms with Crippen molar-refractivity contribution in [1.82, 2.24) is 9.55 Å². The molecule has 0 amide bonds. The topological polar surface area (TPSA) is 41.6 Å². The molecule has 0 saturated heterocycles. The molecule has 1 heterocycles. The van der Waals surface area contributed by atoms with Crippen molar-refractivity contribution in [3.05, 3.63) is 40.5 Å². The molecule has 1 aromatic rings. The van der Waals surface area contributed by atoms with Gasteiger partial charge in [-0.3, -0.25) is 0 Å². The monoisotopic (exact) mass is 233 g/mol. The molecule has 0 aliphatic heterocycles. The maximum Gasteiger partial charge on any atom is 0.214 e. The number of imidazole rings is 1. The van der Waals surface area contributed by atoms with E-state index in [0.29, 0.717) is 11.0 Å². The zero-order chi connectivity index (χ0) is 11.7. The Kier molecular flexibility index (Phi) is 2.84. The molecule has 0 aromatic carbocycles. The minimum Gasteiger partial charge on any atom is -0.321 e. The van der Waals surface area contributed by atoms with Crippen LogP contribution in [0.1, 0.15) is 30.8 Å². The molecule has 82 valence electrons. The van der Waals surface area contributed by atoms with E-state index in [-0.39, 0.29) is 5.92 Å². The second kappa shape index (κ2) is 4.15. The Morgan fingerprint density at radius 1 is 1.62 bits per heavy atom. The Labute approximate surface area is 99.7 Å². The van der Waals surface area contributed by atoms with Gasteiger partial charge in [0.1, 0.15) is 6.07 Å². The van der Waals surface area contributed by atoms with Gasteiger partial charge in [-0.2, -0.15) is 5.26 Å². The average molecular weight is 234 g/mol. The number of rotatable bonds is 1. The second-order valence-electron chi connectivity index (χ2n) is 3.93. The van der Waals surface area contributed by atoms with Crippen molar-refractivity contribution in [1.29, 1.82) is 5.26 Å². The van der Waals surface area contributed by atoms with Gasteiger partial charge in [0.15, 0.2) is 5.15 Å². The number of hydrogen-bond acceptors (Lipinski definition) is 2. The van der Waals surface area contributed by atoms with Gasteiger partial charge in [0.25, 0.3) is 0 Å². The highest BCUT2D eigenvalue weighted by Crippen LogP contribution is 2.31. The van der Waals surface area contributed by atoms with Crippen LogP contribution < -0.4 is 0 Å². The summed E-state index contributed by atoms with van der Waals surface area (Å²) in [5.74, 6) is 0.579. The molecular formula is C12H12ClN3. The van der Waals surface area contributed by atoms with Gasteiger partial charge in [-0.05, 0) is 13.3 Å². The quantitative estimate of drug-likeness (QED) is 0.749. The molecule has 16 heavy (non-hydrogen) atoms.